The first kappa shape index (κ1) is 18.6. The van der Waals surface area contributed by atoms with Gasteiger partial charge in [0.15, 0.2) is 0 Å². The van der Waals surface area contributed by atoms with Crippen molar-refractivity contribution in [2.75, 3.05) is 11.4 Å². The van der Waals surface area contributed by atoms with E-state index in [9.17, 15) is 5.21 Å². The van der Waals surface area contributed by atoms with Crippen LogP contribution in [0.3, 0.4) is 0 Å². The first-order valence-corrected chi connectivity index (χ1v) is 10.0. The van der Waals surface area contributed by atoms with Gasteiger partial charge in [-0.25, -0.2) is 0 Å². The van der Waals surface area contributed by atoms with E-state index >= 15 is 0 Å². The van der Waals surface area contributed by atoms with E-state index in [1.807, 2.05) is 48.5 Å². The van der Waals surface area contributed by atoms with Crippen LogP contribution >= 0.6 is 15.9 Å². The minimum Gasteiger partial charge on any atom is -0.486 e. The molecule has 5 heteroatoms. The molecule has 0 saturated carbocycles. The van der Waals surface area contributed by atoms with Crippen LogP contribution in [0, 0.1) is 0 Å². The number of fused-ring (bicyclic) bond motifs is 1. The fourth-order valence-corrected chi connectivity index (χ4v) is 3.78. The van der Waals surface area contributed by atoms with Gasteiger partial charge in [0.2, 0.25) is 0 Å². The minimum absolute atomic E-state index is 0.104. The smallest absolute Gasteiger partial charge is 0.143 e. The van der Waals surface area contributed by atoms with Crippen LogP contribution in [0.25, 0.3) is 0 Å². The molecule has 0 aromatic heterocycles. The van der Waals surface area contributed by atoms with Gasteiger partial charge in [-0.2, -0.15) is 0 Å². The molecule has 4 rings (SSSR count). The number of para-hydroxylation sites is 2. The first-order chi connectivity index (χ1) is 13.7. The van der Waals surface area contributed by atoms with E-state index in [-0.39, 0.29) is 6.10 Å². The van der Waals surface area contributed by atoms with Crippen LogP contribution in [0.4, 0.5) is 5.69 Å². The molecule has 1 atom stereocenters. The van der Waals surface area contributed by atoms with Gasteiger partial charge in [0.05, 0.1) is 17.9 Å². The second kappa shape index (κ2) is 8.48. The molecule has 0 saturated heterocycles. The lowest BCUT2D eigenvalue weighted by Gasteiger charge is -2.36. The van der Waals surface area contributed by atoms with E-state index in [1.54, 1.807) is 0 Å². The fourth-order valence-electron chi connectivity index (χ4n) is 3.51. The summed E-state index contributed by atoms with van der Waals surface area (Å²) in [6, 6.07) is 26.3. The number of hydrogen-bond acceptors (Lipinski definition) is 4. The van der Waals surface area contributed by atoms with Crippen LogP contribution in [0.1, 0.15) is 17.5 Å². The summed E-state index contributed by atoms with van der Waals surface area (Å²) in [5.74, 6) is 0.864. The number of anilines is 1. The molecule has 1 N–H and O–H groups in total. The molecule has 3 aromatic carbocycles. The van der Waals surface area contributed by atoms with Gasteiger partial charge in [0.25, 0.3) is 0 Å². The molecule has 4 nitrogen and oxygen atoms in total. The molecule has 28 heavy (non-hydrogen) atoms. The largest absolute Gasteiger partial charge is 0.486 e. The number of hydrogen-bond donors (Lipinski definition) is 1. The van der Waals surface area contributed by atoms with E-state index < -0.39 is 0 Å². The summed E-state index contributed by atoms with van der Waals surface area (Å²) in [4.78, 5) is 2.33. The summed E-state index contributed by atoms with van der Waals surface area (Å²) in [5.41, 5.74) is 3.86. The minimum atomic E-state index is -0.104. The maximum atomic E-state index is 9.58. The van der Waals surface area contributed by atoms with Crippen LogP contribution in [0.2, 0.25) is 0 Å². The number of benzene rings is 3. The third-order valence-electron chi connectivity index (χ3n) is 4.86. The van der Waals surface area contributed by atoms with Gasteiger partial charge in [-0.3, -0.25) is 0 Å². The lowest BCUT2D eigenvalue weighted by atomic mass is 10.0. The number of rotatable bonds is 5. The second-order valence-electron chi connectivity index (χ2n) is 6.83. The van der Waals surface area contributed by atoms with Crippen molar-refractivity contribution in [3.05, 3.63) is 94.5 Å². The summed E-state index contributed by atoms with van der Waals surface area (Å²) in [6.07, 6.45) is 0.422. The van der Waals surface area contributed by atoms with E-state index in [4.69, 9.17) is 4.74 Å². The highest BCUT2D eigenvalue weighted by Gasteiger charge is 2.27. The van der Waals surface area contributed by atoms with E-state index in [0.29, 0.717) is 12.1 Å². The highest BCUT2D eigenvalue weighted by molar-refractivity contribution is 9.10. The first-order valence-electron chi connectivity index (χ1n) is 9.24. The topological polar surface area (TPSA) is 45.1 Å². The maximum Gasteiger partial charge on any atom is 0.143 e. The molecule has 0 unspecified atom stereocenters. The van der Waals surface area contributed by atoms with Gasteiger partial charge in [0.1, 0.15) is 11.9 Å². The van der Waals surface area contributed by atoms with Crippen molar-refractivity contribution >= 4 is 27.3 Å². The van der Waals surface area contributed by atoms with Crippen LogP contribution in [-0.2, 0) is 6.54 Å². The molecule has 0 spiro atoms. The number of nitrogens with zero attached hydrogens (tertiary/aromatic N) is 2. The number of ether oxygens (including phenoxy) is 1. The lowest BCUT2D eigenvalue weighted by molar-refractivity contribution is 0.198. The van der Waals surface area contributed by atoms with Gasteiger partial charge < -0.3 is 14.8 Å². The quantitative estimate of drug-likeness (QED) is 0.326. The zero-order chi connectivity index (χ0) is 19.3. The zero-order valence-corrected chi connectivity index (χ0v) is 16.9. The standard InChI is InChI=1S/C23H21BrN2O2/c24-19-12-10-18(11-13-19)21(25-27)14-20-16-26(15-17-6-2-1-3-7-17)22-8-4-5-9-23(22)28-20/h1-13,20,27H,14-16H2/b25-21+/t20-/m0/s1. The zero-order valence-electron chi connectivity index (χ0n) is 15.3. The fraction of sp³-hybridized carbons (Fsp3) is 0.174. The van der Waals surface area contributed by atoms with Crippen molar-refractivity contribution in [2.45, 2.75) is 19.1 Å². The van der Waals surface area contributed by atoms with Gasteiger partial charge in [-0.1, -0.05) is 75.7 Å². The number of oxime groups is 1. The second-order valence-corrected chi connectivity index (χ2v) is 7.75. The molecule has 142 valence electrons. The van der Waals surface area contributed by atoms with Gasteiger partial charge in [-0.15, -0.1) is 0 Å². The third-order valence-corrected chi connectivity index (χ3v) is 5.39. The summed E-state index contributed by atoms with van der Waals surface area (Å²) < 4.78 is 7.23. The summed E-state index contributed by atoms with van der Waals surface area (Å²) in [5, 5.41) is 13.1. The van der Waals surface area contributed by atoms with Crippen molar-refractivity contribution in [1.29, 1.82) is 0 Å². The van der Waals surface area contributed by atoms with E-state index in [1.165, 1.54) is 5.56 Å². The Balaban J connectivity index is 1.56. The molecule has 3 aromatic rings. The predicted octanol–water partition coefficient (Wildman–Crippen LogP) is 5.49. The van der Waals surface area contributed by atoms with Gasteiger partial charge in [0, 0.05) is 17.4 Å². The average Bonchev–Trinajstić information content (AvgIpc) is 2.73. The van der Waals surface area contributed by atoms with Gasteiger partial charge >= 0.3 is 0 Å². The van der Waals surface area contributed by atoms with Crippen LogP contribution < -0.4 is 9.64 Å². The molecular formula is C23H21BrN2O2. The Morgan fingerprint density at radius 2 is 1.71 bits per heavy atom. The highest BCUT2D eigenvalue weighted by atomic mass is 79.9. The normalized spacial score (nSPS) is 16.4. The Morgan fingerprint density at radius 3 is 2.46 bits per heavy atom. The van der Waals surface area contributed by atoms with Gasteiger partial charge in [-0.05, 0) is 35.4 Å². The molecule has 0 radical (unpaired) electrons. The van der Waals surface area contributed by atoms with Crippen molar-refractivity contribution in [2.24, 2.45) is 5.16 Å². The molecule has 0 bridgehead atoms. The van der Waals surface area contributed by atoms with Crippen LogP contribution in [-0.4, -0.2) is 23.6 Å². The number of halogens is 1. The van der Waals surface area contributed by atoms with Crippen molar-refractivity contribution in [3.8, 4) is 5.75 Å². The highest BCUT2D eigenvalue weighted by Crippen LogP contribution is 2.35. The van der Waals surface area contributed by atoms with E-state index in [0.717, 1.165) is 34.6 Å². The molecular weight excluding hydrogens is 416 g/mol. The van der Waals surface area contributed by atoms with Crippen molar-refractivity contribution in [3.63, 3.8) is 0 Å². The Bertz CT molecular complexity index is 958. The Morgan fingerprint density at radius 1 is 1.00 bits per heavy atom. The average molecular weight is 437 g/mol. The Hall–Kier alpha value is -2.79. The predicted molar refractivity (Wildman–Crippen MR) is 115 cm³/mol. The summed E-state index contributed by atoms with van der Waals surface area (Å²) >= 11 is 3.44. The van der Waals surface area contributed by atoms with Crippen molar-refractivity contribution in [1.82, 2.24) is 0 Å². The molecule has 0 fully saturated rings. The Labute approximate surface area is 173 Å². The molecule has 1 aliphatic heterocycles. The van der Waals surface area contributed by atoms with Crippen LogP contribution in [0.15, 0.2) is 88.5 Å². The molecule has 1 heterocycles. The molecule has 0 amide bonds. The lowest BCUT2D eigenvalue weighted by Crippen LogP contribution is -2.40. The monoisotopic (exact) mass is 436 g/mol. The third kappa shape index (κ3) is 4.20. The maximum absolute atomic E-state index is 9.58. The van der Waals surface area contributed by atoms with Crippen LogP contribution in [0.5, 0.6) is 5.75 Å². The summed E-state index contributed by atoms with van der Waals surface area (Å²) in [7, 11) is 0. The Kier molecular flexibility index (Phi) is 5.63. The summed E-state index contributed by atoms with van der Waals surface area (Å²) in [6.45, 7) is 1.53. The molecule has 0 aliphatic carbocycles. The van der Waals surface area contributed by atoms with Crippen molar-refractivity contribution < 1.29 is 9.94 Å². The van der Waals surface area contributed by atoms with E-state index in [2.05, 4.69) is 56.3 Å². The SMILES string of the molecule is O/N=C(\C[C@H]1CN(Cc2ccccc2)c2ccccc2O1)c1ccc(Br)cc1. The molecule has 1 aliphatic rings.